The Morgan fingerprint density at radius 3 is 2.75 bits per heavy atom. The van der Waals surface area contributed by atoms with Crippen LogP contribution in [-0.4, -0.2) is 70.3 Å². The number of phenols is 1. The summed E-state index contributed by atoms with van der Waals surface area (Å²) >= 11 is 0. The minimum atomic E-state index is -1.01. The van der Waals surface area contributed by atoms with Crippen LogP contribution in [0.5, 0.6) is 11.5 Å². The fourth-order valence-electron chi connectivity index (χ4n) is 7.70. The normalized spacial score (nSPS) is 33.7. The Bertz CT molecular complexity index is 1340. The van der Waals surface area contributed by atoms with Crippen molar-refractivity contribution >= 4 is 5.91 Å². The highest BCUT2D eigenvalue weighted by atomic mass is 16.5. The average Bonchev–Trinajstić information content (AvgIpc) is 3.20. The summed E-state index contributed by atoms with van der Waals surface area (Å²) in [6, 6.07) is 9.32. The Morgan fingerprint density at radius 1 is 1.22 bits per heavy atom. The SMILES string of the molecule is Cc1ccc(C#CC(=O)N(C)[C@@H]2C[C@H](C)[C@@]3(O)[C@H]4Cc5ccc(O)c6c5[C@@]3(CCN4C)[C@H]2O6)cc1C. The van der Waals surface area contributed by atoms with Gasteiger partial charge >= 0.3 is 0 Å². The fraction of sp³-hybridized carbons (Fsp3) is 0.500. The van der Waals surface area contributed by atoms with Crippen molar-refractivity contribution in [3.05, 3.63) is 58.1 Å². The van der Waals surface area contributed by atoms with Crippen molar-refractivity contribution in [1.29, 1.82) is 0 Å². The van der Waals surface area contributed by atoms with Crippen molar-refractivity contribution in [3.8, 4) is 23.3 Å². The average molecular weight is 487 g/mol. The summed E-state index contributed by atoms with van der Waals surface area (Å²) in [7, 11) is 3.88. The molecule has 6 nitrogen and oxygen atoms in total. The predicted molar refractivity (Wildman–Crippen MR) is 137 cm³/mol. The number of benzene rings is 2. The molecule has 2 aromatic rings. The molecule has 188 valence electrons. The van der Waals surface area contributed by atoms with Crippen molar-refractivity contribution < 1.29 is 19.7 Å². The maximum Gasteiger partial charge on any atom is 0.298 e. The second-order valence-corrected chi connectivity index (χ2v) is 11.4. The molecular formula is C30H34N2O4. The van der Waals surface area contributed by atoms with E-state index in [-0.39, 0.29) is 29.7 Å². The molecule has 2 aliphatic carbocycles. The number of likely N-dealkylation sites (N-methyl/N-ethyl adjacent to an activating group) is 2. The lowest BCUT2D eigenvalue weighted by molar-refractivity contribution is -0.220. The van der Waals surface area contributed by atoms with Gasteiger partial charge in [-0.05, 0) is 87.5 Å². The van der Waals surface area contributed by atoms with Crippen LogP contribution in [0.15, 0.2) is 30.3 Å². The molecule has 2 heterocycles. The van der Waals surface area contributed by atoms with Crippen LogP contribution < -0.4 is 4.74 Å². The molecule has 2 aliphatic heterocycles. The molecule has 0 aromatic heterocycles. The van der Waals surface area contributed by atoms with E-state index in [1.807, 2.05) is 31.2 Å². The fourth-order valence-corrected chi connectivity index (χ4v) is 7.70. The summed E-state index contributed by atoms with van der Waals surface area (Å²) in [5.74, 6) is 6.13. The number of rotatable bonds is 1. The first-order chi connectivity index (χ1) is 17.1. The van der Waals surface area contributed by atoms with Crippen LogP contribution in [0.3, 0.4) is 0 Å². The van der Waals surface area contributed by atoms with E-state index in [0.717, 1.165) is 35.2 Å². The first kappa shape index (κ1) is 23.4. The number of hydrogen-bond acceptors (Lipinski definition) is 5. The minimum Gasteiger partial charge on any atom is -0.504 e. The summed E-state index contributed by atoms with van der Waals surface area (Å²) in [5.41, 5.74) is 3.54. The number of amides is 1. The third-order valence-corrected chi connectivity index (χ3v) is 9.76. The van der Waals surface area contributed by atoms with Crippen molar-refractivity contribution in [1.82, 2.24) is 9.80 Å². The van der Waals surface area contributed by atoms with E-state index in [0.29, 0.717) is 18.6 Å². The minimum absolute atomic E-state index is 0.0399. The number of phenolic OH excluding ortho intramolecular Hbond substituents is 1. The molecule has 1 saturated carbocycles. The molecular weight excluding hydrogens is 452 g/mol. The molecule has 36 heavy (non-hydrogen) atoms. The Hall–Kier alpha value is -3.01. The van der Waals surface area contributed by atoms with Gasteiger partial charge in [0, 0.05) is 30.1 Å². The molecule has 6 atom stereocenters. The van der Waals surface area contributed by atoms with Crippen LogP contribution in [0.1, 0.15) is 47.6 Å². The van der Waals surface area contributed by atoms with E-state index in [9.17, 15) is 15.0 Å². The monoisotopic (exact) mass is 486 g/mol. The van der Waals surface area contributed by atoms with Gasteiger partial charge in [-0.2, -0.15) is 0 Å². The number of nitrogens with zero attached hydrogens (tertiary/aromatic N) is 2. The van der Waals surface area contributed by atoms with Gasteiger partial charge in [0.15, 0.2) is 11.5 Å². The Kier molecular flexibility index (Phi) is 5.03. The smallest absolute Gasteiger partial charge is 0.298 e. The Labute approximate surface area is 212 Å². The third-order valence-electron chi connectivity index (χ3n) is 9.76. The summed E-state index contributed by atoms with van der Waals surface area (Å²) in [4.78, 5) is 17.3. The van der Waals surface area contributed by atoms with Gasteiger partial charge in [-0.15, -0.1) is 0 Å². The molecule has 2 fully saturated rings. The number of aromatic hydroxyl groups is 1. The molecule has 1 saturated heterocycles. The van der Waals surface area contributed by atoms with Crippen LogP contribution in [0.2, 0.25) is 0 Å². The summed E-state index contributed by atoms with van der Waals surface area (Å²) < 4.78 is 6.56. The van der Waals surface area contributed by atoms with Gasteiger partial charge in [0.25, 0.3) is 5.91 Å². The molecule has 4 aliphatic rings. The summed E-state index contributed by atoms with van der Waals surface area (Å²) in [5, 5.41) is 23.3. The maximum absolute atomic E-state index is 13.3. The van der Waals surface area contributed by atoms with Gasteiger partial charge in [-0.3, -0.25) is 4.79 Å². The molecule has 1 amide bonds. The van der Waals surface area contributed by atoms with Crippen molar-refractivity contribution in [3.63, 3.8) is 0 Å². The highest BCUT2D eigenvalue weighted by molar-refractivity contribution is 5.94. The highest BCUT2D eigenvalue weighted by Gasteiger charge is 2.75. The molecule has 6 heteroatoms. The van der Waals surface area contributed by atoms with Gasteiger partial charge in [-0.1, -0.05) is 25.0 Å². The second kappa shape index (κ2) is 7.74. The van der Waals surface area contributed by atoms with Gasteiger partial charge in [0.1, 0.15) is 6.10 Å². The number of aliphatic hydroxyl groups is 1. The number of likely N-dealkylation sites (tertiary alicyclic amines) is 1. The van der Waals surface area contributed by atoms with E-state index in [2.05, 4.69) is 37.6 Å². The number of carbonyl (C=O) groups excluding carboxylic acids is 1. The second-order valence-electron chi connectivity index (χ2n) is 11.4. The van der Waals surface area contributed by atoms with Crippen LogP contribution in [-0.2, 0) is 16.6 Å². The van der Waals surface area contributed by atoms with Crippen LogP contribution in [0.4, 0.5) is 0 Å². The van der Waals surface area contributed by atoms with Crippen LogP contribution >= 0.6 is 0 Å². The number of aryl methyl sites for hydroxylation is 2. The van der Waals surface area contributed by atoms with Gasteiger partial charge in [0.05, 0.1) is 17.1 Å². The molecule has 2 aromatic carbocycles. The summed E-state index contributed by atoms with van der Waals surface area (Å²) in [6.07, 6.45) is 1.58. The number of ether oxygens (including phenoxy) is 1. The van der Waals surface area contributed by atoms with E-state index < -0.39 is 17.1 Å². The van der Waals surface area contributed by atoms with E-state index >= 15 is 0 Å². The summed E-state index contributed by atoms with van der Waals surface area (Å²) in [6.45, 7) is 7.02. The predicted octanol–water partition coefficient (Wildman–Crippen LogP) is 2.92. The van der Waals surface area contributed by atoms with Gasteiger partial charge in [-0.25, -0.2) is 0 Å². The van der Waals surface area contributed by atoms with E-state index in [1.54, 1.807) is 18.0 Å². The van der Waals surface area contributed by atoms with Crippen molar-refractivity contribution in [2.45, 2.75) is 69.2 Å². The first-order valence-corrected chi connectivity index (χ1v) is 12.9. The highest BCUT2D eigenvalue weighted by Crippen LogP contribution is 2.66. The first-order valence-electron chi connectivity index (χ1n) is 12.9. The topological polar surface area (TPSA) is 73.2 Å². The molecule has 2 N–H and O–H groups in total. The Balaban J connectivity index is 1.41. The molecule has 0 radical (unpaired) electrons. The number of hydrogen-bond donors (Lipinski definition) is 2. The lowest BCUT2D eigenvalue weighted by Crippen LogP contribution is -2.80. The quantitative estimate of drug-likeness (QED) is 0.607. The van der Waals surface area contributed by atoms with E-state index in [4.69, 9.17) is 4.74 Å². The van der Waals surface area contributed by atoms with Gasteiger partial charge in [0.2, 0.25) is 0 Å². The molecule has 2 bridgehead atoms. The maximum atomic E-state index is 13.3. The standard InChI is InChI=1S/C30H34N2O4/c1-17-6-7-20(14-18(17)2)8-11-25(34)32(5)22-15-19(3)30(35)24-16-21-9-10-23(33)27-26(21)29(30,28(22)36-27)12-13-31(24)4/h6-7,9-10,14,19,22,24,28,33,35H,12-13,15-16H2,1-5H3/t19-,22+,24+,28-,29-,30+/m0/s1. The lowest BCUT2D eigenvalue weighted by atomic mass is 9.45. The number of carbonyl (C=O) groups is 1. The lowest BCUT2D eigenvalue weighted by Gasteiger charge is -2.66. The molecule has 6 rings (SSSR count). The molecule has 0 unspecified atom stereocenters. The Morgan fingerprint density at radius 2 is 2.00 bits per heavy atom. The zero-order chi connectivity index (χ0) is 25.6. The van der Waals surface area contributed by atoms with Crippen LogP contribution in [0.25, 0.3) is 0 Å². The third kappa shape index (κ3) is 2.84. The van der Waals surface area contributed by atoms with Crippen molar-refractivity contribution in [2.24, 2.45) is 5.92 Å². The zero-order valence-electron chi connectivity index (χ0n) is 21.6. The van der Waals surface area contributed by atoms with E-state index in [1.165, 1.54) is 5.56 Å². The zero-order valence-corrected chi connectivity index (χ0v) is 21.6. The van der Waals surface area contributed by atoms with Crippen molar-refractivity contribution in [2.75, 3.05) is 20.6 Å². The van der Waals surface area contributed by atoms with Gasteiger partial charge < -0.3 is 24.7 Å². The molecule has 1 spiro atoms. The number of piperidine rings is 1. The van der Waals surface area contributed by atoms with Crippen LogP contribution in [0, 0.1) is 31.6 Å². The largest absolute Gasteiger partial charge is 0.504 e.